The molecule has 0 aliphatic rings. The molecule has 0 rings (SSSR count). The van der Waals surface area contributed by atoms with Gasteiger partial charge >= 0.3 is 17.9 Å². The maximum absolute atomic E-state index is 12.1. The Morgan fingerprint density at radius 1 is 0.893 bits per heavy atom. The zero-order valence-electron chi connectivity index (χ0n) is 16.4. The summed E-state index contributed by atoms with van der Waals surface area (Å²) in [4.78, 5) is 36.6. The molecule has 0 bridgehead atoms. The molecule has 0 aliphatic heterocycles. The highest BCUT2D eigenvalue weighted by molar-refractivity contribution is 5.81. The monoisotopic (exact) mass is 401 g/mol. The van der Waals surface area contributed by atoms with E-state index < -0.39 is 23.3 Å². The predicted molar refractivity (Wildman–Crippen MR) is 101 cm³/mol. The van der Waals surface area contributed by atoms with Gasteiger partial charge in [-0.25, -0.2) is 9.59 Å². The van der Waals surface area contributed by atoms with Crippen LogP contribution in [0, 0.1) is 5.41 Å². The summed E-state index contributed by atoms with van der Waals surface area (Å²) in [5.41, 5.74) is -0.900. The highest BCUT2D eigenvalue weighted by Crippen LogP contribution is 2.24. The molecule has 0 radical (unpaired) electrons. The van der Waals surface area contributed by atoms with E-state index in [0.29, 0.717) is 26.1 Å². The number of hydrogen-bond donors (Lipinski definition) is 2. The van der Waals surface area contributed by atoms with Crippen LogP contribution in [-0.2, 0) is 28.6 Å². The summed E-state index contributed by atoms with van der Waals surface area (Å²) < 4.78 is 15.5. The smallest absolute Gasteiger partial charge is 0.330 e. The van der Waals surface area contributed by atoms with Gasteiger partial charge in [0.25, 0.3) is 0 Å². The van der Waals surface area contributed by atoms with Crippen molar-refractivity contribution in [2.24, 2.45) is 5.41 Å². The van der Waals surface area contributed by atoms with E-state index >= 15 is 0 Å². The molecule has 0 heterocycles. The Bertz CT molecular complexity index is 490. The van der Waals surface area contributed by atoms with E-state index in [9.17, 15) is 14.4 Å². The van der Waals surface area contributed by atoms with Gasteiger partial charge in [-0.2, -0.15) is 0 Å². The summed E-state index contributed by atoms with van der Waals surface area (Å²) >= 11 is 0. The van der Waals surface area contributed by atoms with Gasteiger partial charge in [-0.05, 0) is 6.42 Å². The van der Waals surface area contributed by atoms with E-state index in [2.05, 4.69) is 13.2 Å². The molecular weight excluding hydrogens is 370 g/mol. The number of carbonyl (C=O) groups is 3. The van der Waals surface area contributed by atoms with Gasteiger partial charge in [0.15, 0.2) is 0 Å². The van der Waals surface area contributed by atoms with Crippen LogP contribution >= 0.6 is 0 Å². The second-order valence-corrected chi connectivity index (χ2v) is 6.18. The molecule has 9 nitrogen and oxygen atoms in total. The molecule has 2 N–H and O–H groups in total. The fourth-order valence-corrected chi connectivity index (χ4v) is 2.17. The highest BCUT2D eigenvalue weighted by Gasteiger charge is 2.33. The number of carbonyl (C=O) groups excluding carboxylic acids is 3. The zero-order chi connectivity index (χ0) is 21.4. The van der Waals surface area contributed by atoms with Crippen molar-refractivity contribution in [3.05, 3.63) is 25.3 Å². The molecule has 0 aromatic heterocycles. The first kappa shape index (κ1) is 25.8. The molecule has 0 fully saturated rings. The van der Waals surface area contributed by atoms with Crippen LogP contribution in [0.4, 0.5) is 0 Å². The largest absolute Gasteiger partial charge is 0.465 e. The van der Waals surface area contributed by atoms with Crippen molar-refractivity contribution >= 4 is 17.9 Å². The second-order valence-electron chi connectivity index (χ2n) is 6.18. The average molecular weight is 401 g/mol. The maximum atomic E-state index is 12.1. The number of esters is 3. The van der Waals surface area contributed by atoms with Crippen LogP contribution in [-0.4, -0.2) is 85.7 Å². The van der Waals surface area contributed by atoms with Crippen molar-refractivity contribution < 1.29 is 38.8 Å². The van der Waals surface area contributed by atoms with Gasteiger partial charge in [0.2, 0.25) is 0 Å². The SMILES string of the molecule is C=CC(=O)OCC(CC)(COC(=O)C=C)COC(=O)CCN(CCO)CCO. The molecule has 0 saturated carbocycles. The minimum Gasteiger partial charge on any atom is -0.465 e. The maximum Gasteiger partial charge on any atom is 0.330 e. The first-order chi connectivity index (χ1) is 13.4. The quantitative estimate of drug-likeness (QED) is 0.210. The van der Waals surface area contributed by atoms with Gasteiger partial charge in [0, 0.05) is 31.8 Å². The van der Waals surface area contributed by atoms with Crippen LogP contribution in [0.3, 0.4) is 0 Å². The number of aliphatic hydroxyl groups is 2. The van der Waals surface area contributed by atoms with Crippen molar-refractivity contribution in [2.75, 3.05) is 52.7 Å². The topological polar surface area (TPSA) is 123 Å². The van der Waals surface area contributed by atoms with Crippen molar-refractivity contribution in [1.29, 1.82) is 0 Å². The molecule has 9 heteroatoms. The molecule has 160 valence electrons. The van der Waals surface area contributed by atoms with E-state index in [1.807, 2.05) is 0 Å². The van der Waals surface area contributed by atoms with Crippen molar-refractivity contribution in [3.63, 3.8) is 0 Å². The normalized spacial score (nSPS) is 11.0. The van der Waals surface area contributed by atoms with E-state index in [1.165, 1.54) is 0 Å². The van der Waals surface area contributed by atoms with E-state index in [0.717, 1.165) is 12.2 Å². The van der Waals surface area contributed by atoms with E-state index in [-0.39, 0.29) is 39.5 Å². The van der Waals surface area contributed by atoms with Crippen molar-refractivity contribution in [1.82, 2.24) is 4.90 Å². The molecule has 0 spiro atoms. The Morgan fingerprint density at radius 2 is 1.36 bits per heavy atom. The Balaban J connectivity index is 4.83. The summed E-state index contributed by atoms with van der Waals surface area (Å²) in [5, 5.41) is 18.0. The minimum atomic E-state index is -0.900. The highest BCUT2D eigenvalue weighted by atomic mass is 16.6. The average Bonchev–Trinajstić information content (AvgIpc) is 2.71. The summed E-state index contributed by atoms with van der Waals surface area (Å²) in [7, 11) is 0. The second kappa shape index (κ2) is 14.8. The van der Waals surface area contributed by atoms with Crippen LogP contribution in [0.2, 0.25) is 0 Å². The lowest BCUT2D eigenvalue weighted by molar-refractivity contribution is -0.158. The first-order valence-electron chi connectivity index (χ1n) is 9.04. The Labute approximate surface area is 165 Å². The molecule has 0 saturated heterocycles. The predicted octanol–water partition coefficient (Wildman–Crippen LogP) is 0.0611. The molecule has 0 amide bonds. The number of ether oxygens (including phenoxy) is 3. The lowest BCUT2D eigenvalue weighted by Crippen LogP contribution is -2.39. The standard InChI is InChI=1S/C19H31NO8/c1-4-16(23)26-13-19(6-3,14-27-17(24)5-2)15-28-18(25)7-8-20(9-11-21)10-12-22/h4-5,21-22H,1-2,6-15H2,3H3. The summed E-state index contributed by atoms with van der Waals surface area (Å²) in [6.07, 6.45) is 2.49. The molecule has 0 aromatic carbocycles. The number of nitrogens with zero attached hydrogens (tertiary/aromatic N) is 1. The third-order valence-electron chi connectivity index (χ3n) is 4.13. The Morgan fingerprint density at radius 3 is 1.75 bits per heavy atom. The van der Waals surface area contributed by atoms with E-state index in [4.69, 9.17) is 24.4 Å². The van der Waals surface area contributed by atoms with Crippen molar-refractivity contribution in [2.45, 2.75) is 19.8 Å². The van der Waals surface area contributed by atoms with Gasteiger partial charge in [-0.3, -0.25) is 9.69 Å². The molecule has 0 aromatic rings. The van der Waals surface area contributed by atoms with Crippen LogP contribution in [0.15, 0.2) is 25.3 Å². The minimum absolute atomic E-state index is 0.0543. The van der Waals surface area contributed by atoms with Gasteiger partial charge < -0.3 is 24.4 Å². The number of hydrogen-bond acceptors (Lipinski definition) is 9. The zero-order valence-corrected chi connectivity index (χ0v) is 16.4. The lowest BCUT2D eigenvalue weighted by Gasteiger charge is -2.30. The van der Waals surface area contributed by atoms with Crippen LogP contribution in [0.5, 0.6) is 0 Å². The van der Waals surface area contributed by atoms with Crippen LogP contribution < -0.4 is 0 Å². The van der Waals surface area contributed by atoms with Crippen LogP contribution in [0.25, 0.3) is 0 Å². The van der Waals surface area contributed by atoms with E-state index in [1.54, 1.807) is 11.8 Å². The fourth-order valence-electron chi connectivity index (χ4n) is 2.17. The summed E-state index contributed by atoms with van der Waals surface area (Å²) in [6.45, 7) is 8.90. The molecule has 0 unspecified atom stereocenters. The third-order valence-corrected chi connectivity index (χ3v) is 4.13. The molecule has 0 aliphatic carbocycles. The summed E-state index contributed by atoms with van der Waals surface area (Å²) in [5.74, 6) is -1.77. The Hall–Kier alpha value is -2.23. The van der Waals surface area contributed by atoms with Gasteiger partial charge in [0.05, 0.1) is 25.0 Å². The number of rotatable bonds is 16. The van der Waals surface area contributed by atoms with Gasteiger partial charge in [-0.1, -0.05) is 20.1 Å². The fraction of sp³-hybridized carbons (Fsp3) is 0.632. The van der Waals surface area contributed by atoms with Crippen molar-refractivity contribution in [3.8, 4) is 0 Å². The lowest BCUT2D eigenvalue weighted by atomic mass is 9.88. The summed E-state index contributed by atoms with van der Waals surface area (Å²) in [6, 6.07) is 0. The van der Waals surface area contributed by atoms with Crippen LogP contribution in [0.1, 0.15) is 19.8 Å². The van der Waals surface area contributed by atoms with Gasteiger partial charge in [0.1, 0.15) is 19.8 Å². The molecular formula is C19H31NO8. The number of aliphatic hydroxyl groups excluding tert-OH is 2. The Kier molecular flexibility index (Phi) is 13.6. The molecule has 28 heavy (non-hydrogen) atoms. The molecule has 0 atom stereocenters. The first-order valence-corrected chi connectivity index (χ1v) is 9.04. The third kappa shape index (κ3) is 10.8. The van der Waals surface area contributed by atoms with Gasteiger partial charge in [-0.15, -0.1) is 0 Å².